The van der Waals surface area contributed by atoms with Crippen LogP contribution in [0.5, 0.6) is 0 Å². The van der Waals surface area contributed by atoms with Crippen LogP contribution >= 0.6 is 15.6 Å². The Morgan fingerprint density at radius 1 is 0.330 bits per heavy atom. The number of phosphoric acid groups is 2. The van der Waals surface area contributed by atoms with Crippen molar-refractivity contribution in [3.8, 4) is 0 Å². The first-order valence-electron chi connectivity index (χ1n) is 36.0. The minimum atomic E-state index is -4.95. The highest BCUT2D eigenvalue weighted by Gasteiger charge is 2.30. The van der Waals surface area contributed by atoms with Crippen LogP contribution < -0.4 is 0 Å². The molecule has 88 heavy (non-hydrogen) atoms. The Bertz CT molecular complexity index is 1720. The molecular formula is C69H134O17P2. The highest BCUT2D eigenvalue weighted by Crippen LogP contribution is 2.45. The van der Waals surface area contributed by atoms with Crippen LogP contribution in [0.4, 0.5) is 0 Å². The van der Waals surface area contributed by atoms with Crippen molar-refractivity contribution in [2.45, 2.75) is 368 Å². The van der Waals surface area contributed by atoms with Crippen LogP contribution in [0.3, 0.4) is 0 Å². The fraction of sp³-hybridized carbons (Fsp3) is 0.942. The third-order valence-electron chi connectivity index (χ3n) is 16.3. The van der Waals surface area contributed by atoms with Gasteiger partial charge in [0.25, 0.3) is 0 Å². The van der Waals surface area contributed by atoms with Gasteiger partial charge in [-0.3, -0.25) is 37.3 Å². The summed E-state index contributed by atoms with van der Waals surface area (Å²) in [6, 6.07) is 0. The smallest absolute Gasteiger partial charge is 0.462 e. The van der Waals surface area contributed by atoms with Gasteiger partial charge in [-0.25, -0.2) is 9.13 Å². The van der Waals surface area contributed by atoms with Crippen LogP contribution in [0.1, 0.15) is 350 Å². The third-order valence-corrected chi connectivity index (χ3v) is 18.2. The molecule has 0 radical (unpaired) electrons. The highest BCUT2D eigenvalue weighted by molar-refractivity contribution is 7.47. The van der Waals surface area contributed by atoms with Gasteiger partial charge in [-0.1, -0.05) is 298 Å². The maximum Gasteiger partial charge on any atom is 0.472 e. The molecule has 0 aliphatic carbocycles. The van der Waals surface area contributed by atoms with Crippen molar-refractivity contribution in [1.82, 2.24) is 0 Å². The topological polar surface area (TPSA) is 237 Å². The lowest BCUT2D eigenvalue weighted by Crippen LogP contribution is -2.30. The van der Waals surface area contributed by atoms with Crippen molar-refractivity contribution < 1.29 is 80.2 Å². The second kappa shape index (κ2) is 61.3. The van der Waals surface area contributed by atoms with E-state index < -0.39 is 97.5 Å². The quantitative estimate of drug-likeness (QED) is 0.0222. The van der Waals surface area contributed by atoms with Crippen molar-refractivity contribution >= 4 is 39.5 Å². The molecule has 17 nitrogen and oxygen atoms in total. The fourth-order valence-corrected chi connectivity index (χ4v) is 12.0. The summed E-state index contributed by atoms with van der Waals surface area (Å²) in [6.45, 7) is 9.47. The maximum atomic E-state index is 13.0. The van der Waals surface area contributed by atoms with Crippen molar-refractivity contribution in [3.63, 3.8) is 0 Å². The molecule has 6 atom stereocenters. The monoisotopic (exact) mass is 1300 g/mol. The summed E-state index contributed by atoms with van der Waals surface area (Å²) in [6.07, 6.45) is 45.9. The molecule has 0 amide bonds. The number of esters is 4. The second-order valence-electron chi connectivity index (χ2n) is 25.6. The van der Waals surface area contributed by atoms with Crippen molar-refractivity contribution in [2.75, 3.05) is 39.6 Å². The molecule has 19 heteroatoms. The Balaban J connectivity index is 5.22. The van der Waals surface area contributed by atoms with Gasteiger partial charge >= 0.3 is 39.5 Å². The summed E-state index contributed by atoms with van der Waals surface area (Å²) in [4.78, 5) is 72.4. The Morgan fingerprint density at radius 2 is 0.580 bits per heavy atom. The molecule has 0 aliphatic heterocycles. The summed E-state index contributed by atoms with van der Waals surface area (Å²) in [5.74, 6) is -0.638. The number of hydrogen-bond donors (Lipinski definition) is 3. The molecule has 0 saturated carbocycles. The standard InChI is InChI=1S/C69H134O17P2/c1-7-10-12-14-16-18-19-20-21-22-23-26-30-34-41-47-53-68(73)85-64(57-80-67(72)52-46-40-33-29-27-24-25-28-31-37-43-49-61(4)5)59-83-87(75,76)81-55-63(70)56-82-88(77,78)84-60-65(58-79-66(71)51-45-39-32-17-15-13-11-8-2)86-69(74)54-48-42-36-35-38-44-50-62(6)9-3/h61-65,70H,7-60H2,1-6H3,(H,75,76)(H,77,78)/t62?,63-,64-,65-/m1/s1. The molecule has 0 saturated heterocycles. The minimum absolute atomic E-state index is 0.103. The predicted molar refractivity (Wildman–Crippen MR) is 354 cm³/mol. The zero-order valence-electron chi connectivity index (χ0n) is 57.0. The van der Waals surface area contributed by atoms with E-state index in [2.05, 4.69) is 41.5 Å². The lowest BCUT2D eigenvalue weighted by atomic mass is 10.00. The number of rotatable bonds is 68. The Morgan fingerprint density at radius 3 is 0.864 bits per heavy atom. The van der Waals surface area contributed by atoms with Gasteiger partial charge in [-0.15, -0.1) is 0 Å². The molecule has 0 spiro atoms. The highest BCUT2D eigenvalue weighted by atomic mass is 31.2. The van der Waals surface area contributed by atoms with E-state index in [1.54, 1.807) is 0 Å². The average molecular weight is 1300 g/mol. The number of hydrogen-bond acceptors (Lipinski definition) is 15. The van der Waals surface area contributed by atoms with E-state index in [4.69, 9.17) is 37.0 Å². The molecule has 0 heterocycles. The van der Waals surface area contributed by atoms with Crippen LogP contribution in [0.25, 0.3) is 0 Å². The zero-order chi connectivity index (χ0) is 65.0. The van der Waals surface area contributed by atoms with Gasteiger partial charge in [-0.2, -0.15) is 0 Å². The molecule has 0 rings (SSSR count). The molecule has 0 aromatic heterocycles. The van der Waals surface area contributed by atoms with Gasteiger partial charge < -0.3 is 33.8 Å². The molecule has 522 valence electrons. The maximum absolute atomic E-state index is 13.0. The van der Waals surface area contributed by atoms with E-state index in [1.807, 2.05) is 0 Å². The van der Waals surface area contributed by atoms with Crippen LogP contribution in [-0.4, -0.2) is 96.7 Å². The van der Waals surface area contributed by atoms with Crippen LogP contribution in [0.2, 0.25) is 0 Å². The number of carbonyl (C=O) groups is 4. The number of carbonyl (C=O) groups excluding carboxylic acids is 4. The molecule has 3 unspecified atom stereocenters. The van der Waals surface area contributed by atoms with Gasteiger partial charge in [0.2, 0.25) is 0 Å². The Kier molecular flexibility index (Phi) is 59.9. The van der Waals surface area contributed by atoms with Crippen molar-refractivity contribution in [1.29, 1.82) is 0 Å². The average Bonchev–Trinajstić information content (AvgIpc) is 3.56. The van der Waals surface area contributed by atoms with E-state index in [0.717, 1.165) is 108 Å². The number of phosphoric ester groups is 2. The Labute approximate surface area is 537 Å². The molecule has 0 aromatic rings. The van der Waals surface area contributed by atoms with Crippen LogP contribution in [0.15, 0.2) is 0 Å². The van der Waals surface area contributed by atoms with Gasteiger partial charge in [0.05, 0.1) is 26.4 Å². The summed E-state index contributed by atoms with van der Waals surface area (Å²) in [5, 5.41) is 10.6. The lowest BCUT2D eigenvalue weighted by molar-refractivity contribution is -0.161. The molecule has 0 bridgehead atoms. The van der Waals surface area contributed by atoms with Crippen LogP contribution in [0, 0.1) is 11.8 Å². The number of ether oxygens (including phenoxy) is 4. The normalized spacial score (nSPS) is 14.5. The number of aliphatic hydroxyl groups excluding tert-OH is 1. The first kappa shape index (κ1) is 86.1. The van der Waals surface area contributed by atoms with E-state index in [9.17, 15) is 43.2 Å². The molecule has 0 aromatic carbocycles. The minimum Gasteiger partial charge on any atom is -0.462 e. The Hall–Kier alpha value is -1.94. The van der Waals surface area contributed by atoms with Crippen LogP contribution in [-0.2, 0) is 65.4 Å². The summed E-state index contributed by atoms with van der Waals surface area (Å²) in [7, 11) is -9.89. The van der Waals surface area contributed by atoms with E-state index in [-0.39, 0.29) is 25.7 Å². The van der Waals surface area contributed by atoms with Crippen molar-refractivity contribution in [2.24, 2.45) is 11.8 Å². The molecular weight excluding hydrogens is 1160 g/mol. The van der Waals surface area contributed by atoms with E-state index in [1.165, 1.54) is 161 Å². The molecule has 3 N–H and O–H groups in total. The number of unbranched alkanes of at least 4 members (excludes halogenated alkanes) is 37. The first-order valence-corrected chi connectivity index (χ1v) is 39.0. The van der Waals surface area contributed by atoms with Gasteiger partial charge in [0, 0.05) is 25.7 Å². The summed E-state index contributed by atoms with van der Waals surface area (Å²) < 4.78 is 68.2. The van der Waals surface area contributed by atoms with Crippen molar-refractivity contribution in [3.05, 3.63) is 0 Å². The summed E-state index contributed by atoms with van der Waals surface area (Å²) >= 11 is 0. The number of aliphatic hydroxyl groups is 1. The van der Waals surface area contributed by atoms with Gasteiger partial charge in [0.1, 0.15) is 19.3 Å². The fourth-order valence-electron chi connectivity index (χ4n) is 10.4. The molecule has 0 aliphatic rings. The second-order valence-corrected chi connectivity index (χ2v) is 28.5. The molecule has 0 fully saturated rings. The van der Waals surface area contributed by atoms with E-state index in [0.29, 0.717) is 25.7 Å². The van der Waals surface area contributed by atoms with Gasteiger partial charge in [0.15, 0.2) is 12.2 Å². The zero-order valence-corrected chi connectivity index (χ0v) is 58.8. The predicted octanol–water partition coefficient (Wildman–Crippen LogP) is 19.6. The lowest BCUT2D eigenvalue weighted by Gasteiger charge is -2.21. The first-order chi connectivity index (χ1) is 42.4. The SMILES string of the molecule is CCCCCCCCCCCCCCCCCCC(=O)O[C@H](COC(=O)CCCCCCCCCCCCCC(C)C)COP(=O)(O)OC[C@@H](O)COP(=O)(O)OC[C@@H](COC(=O)CCCCCCCCCC)OC(=O)CCCCCCCCC(C)CC. The third kappa shape index (κ3) is 61.6. The van der Waals surface area contributed by atoms with Gasteiger partial charge in [-0.05, 0) is 37.5 Å². The summed E-state index contributed by atoms with van der Waals surface area (Å²) in [5.41, 5.74) is 0. The largest absolute Gasteiger partial charge is 0.472 e. The van der Waals surface area contributed by atoms with E-state index >= 15 is 0 Å².